The van der Waals surface area contributed by atoms with Crippen LogP contribution in [0.15, 0.2) is 0 Å². The quantitative estimate of drug-likeness (QED) is 0.549. The van der Waals surface area contributed by atoms with Crippen LogP contribution in [0.5, 0.6) is 0 Å². The van der Waals surface area contributed by atoms with Gasteiger partial charge >= 0.3 is 5.97 Å². The number of carbonyl (C=O) groups excluding carboxylic acids is 1. The van der Waals surface area contributed by atoms with E-state index in [4.69, 9.17) is 14.2 Å². The van der Waals surface area contributed by atoms with E-state index in [2.05, 4.69) is 0 Å². The molecule has 23 heavy (non-hydrogen) atoms. The fourth-order valence-electron chi connectivity index (χ4n) is 2.46. The minimum atomic E-state index is -0.814. The molecule has 0 spiro atoms. The van der Waals surface area contributed by atoms with Crippen LogP contribution in [0.25, 0.3) is 0 Å². The van der Waals surface area contributed by atoms with Crippen molar-refractivity contribution in [1.82, 2.24) is 0 Å². The average Bonchev–Trinajstić information content (AvgIpc) is 2.39. The van der Waals surface area contributed by atoms with Gasteiger partial charge in [-0.05, 0) is 47.5 Å². The third-order valence-corrected chi connectivity index (χ3v) is 3.72. The highest BCUT2D eigenvalue weighted by molar-refractivity contribution is 5.69. The van der Waals surface area contributed by atoms with Crippen LogP contribution in [0.4, 0.5) is 0 Å². The molecule has 1 saturated heterocycles. The van der Waals surface area contributed by atoms with Crippen LogP contribution in [-0.4, -0.2) is 52.5 Å². The molecular weight excluding hydrogens is 300 g/mol. The molecule has 6 heteroatoms. The zero-order chi connectivity index (χ0) is 17.6. The second-order valence-electron chi connectivity index (χ2n) is 7.36. The van der Waals surface area contributed by atoms with Crippen LogP contribution in [0, 0.1) is 0 Å². The zero-order valence-electron chi connectivity index (χ0n) is 14.9. The van der Waals surface area contributed by atoms with E-state index < -0.39 is 24.1 Å². The molecule has 136 valence electrons. The number of unbranched alkanes of at least 4 members (excludes halogenated alkanes) is 1. The molecule has 1 heterocycles. The van der Waals surface area contributed by atoms with E-state index in [1.807, 2.05) is 27.7 Å². The minimum absolute atomic E-state index is 0.0873. The summed E-state index contributed by atoms with van der Waals surface area (Å²) < 4.78 is 16.5. The Morgan fingerprint density at radius 3 is 2.52 bits per heavy atom. The molecule has 2 N–H and O–H groups in total. The van der Waals surface area contributed by atoms with Gasteiger partial charge in [-0.3, -0.25) is 4.79 Å². The number of esters is 1. The number of aliphatic hydroxyl groups is 2. The van der Waals surface area contributed by atoms with Crippen molar-refractivity contribution in [2.45, 2.75) is 103 Å². The van der Waals surface area contributed by atoms with Crippen molar-refractivity contribution in [2.24, 2.45) is 0 Å². The lowest BCUT2D eigenvalue weighted by molar-refractivity contribution is -0.273. The average molecular weight is 332 g/mol. The van der Waals surface area contributed by atoms with Gasteiger partial charge in [0.1, 0.15) is 11.7 Å². The smallest absolute Gasteiger partial charge is 0.306 e. The van der Waals surface area contributed by atoms with E-state index in [1.54, 1.807) is 6.92 Å². The van der Waals surface area contributed by atoms with E-state index in [1.165, 1.54) is 0 Å². The van der Waals surface area contributed by atoms with Crippen molar-refractivity contribution in [3.05, 3.63) is 0 Å². The molecule has 1 aliphatic rings. The maximum absolute atomic E-state index is 11.6. The number of hydrogen-bond donors (Lipinski definition) is 2. The van der Waals surface area contributed by atoms with E-state index in [0.717, 1.165) is 19.3 Å². The summed E-state index contributed by atoms with van der Waals surface area (Å²) in [5.41, 5.74) is -0.441. The van der Waals surface area contributed by atoms with Gasteiger partial charge in [-0.15, -0.1) is 0 Å². The number of aliphatic hydroxyl groups excluding tert-OH is 2. The van der Waals surface area contributed by atoms with Crippen molar-refractivity contribution in [2.75, 3.05) is 0 Å². The zero-order valence-corrected chi connectivity index (χ0v) is 14.9. The monoisotopic (exact) mass is 332 g/mol. The molecule has 1 fully saturated rings. The van der Waals surface area contributed by atoms with Gasteiger partial charge in [-0.2, -0.15) is 0 Å². The minimum Gasteiger partial charge on any atom is -0.460 e. The first kappa shape index (κ1) is 20.4. The van der Waals surface area contributed by atoms with Crippen LogP contribution in [0.3, 0.4) is 0 Å². The first-order valence-electron chi connectivity index (χ1n) is 8.47. The number of carbonyl (C=O) groups is 1. The summed E-state index contributed by atoms with van der Waals surface area (Å²) in [7, 11) is 0. The highest BCUT2D eigenvalue weighted by Crippen LogP contribution is 2.23. The number of rotatable bonds is 7. The first-order chi connectivity index (χ1) is 10.6. The number of ether oxygens (including phenoxy) is 3. The van der Waals surface area contributed by atoms with E-state index >= 15 is 0 Å². The number of hydrogen-bond acceptors (Lipinski definition) is 6. The highest BCUT2D eigenvalue weighted by atomic mass is 16.7. The molecule has 0 amide bonds. The first-order valence-corrected chi connectivity index (χ1v) is 8.47. The van der Waals surface area contributed by atoms with E-state index in [-0.39, 0.29) is 24.6 Å². The van der Waals surface area contributed by atoms with Gasteiger partial charge in [0.15, 0.2) is 6.29 Å². The summed E-state index contributed by atoms with van der Waals surface area (Å²) in [4.78, 5) is 11.6. The van der Waals surface area contributed by atoms with Gasteiger partial charge in [0.25, 0.3) is 0 Å². The van der Waals surface area contributed by atoms with Gasteiger partial charge < -0.3 is 24.4 Å². The largest absolute Gasteiger partial charge is 0.460 e. The van der Waals surface area contributed by atoms with E-state index in [0.29, 0.717) is 6.42 Å². The molecule has 1 rings (SSSR count). The lowest BCUT2D eigenvalue weighted by Crippen LogP contribution is -2.48. The standard InChI is InChI=1S/C17H32O6/c1-11(8-6-7-9-15(20)23-17(3,4)5)21-16-14(19)10-13(18)12(2)22-16/h11-14,16,18-19H,6-10H2,1-5H3/t11-,12+,13?,14-,16?/m1/s1. The summed E-state index contributed by atoms with van der Waals surface area (Å²) in [5, 5.41) is 19.5. The molecule has 5 atom stereocenters. The summed E-state index contributed by atoms with van der Waals surface area (Å²) in [6.07, 6.45) is 0.402. The fourth-order valence-corrected chi connectivity index (χ4v) is 2.46. The van der Waals surface area contributed by atoms with Gasteiger partial charge in [0.05, 0.1) is 18.3 Å². The van der Waals surface area contributed by atoms with Crippen LogP contribution in [-0.2, 0) is 19.0 Å². The summed E-state index contributed by atoms with van der Waals surface area (Å²) in [6, 6.07) is 0. The predicted octanol–water partition coefficient (Wildman–Crippen LogP) is 2.15. The van der Waals surface area contributed by atoms with E-state index in [9.17, 15) is 15.0 Å². The molecule has 0 radical (unpaired) electrons. The van der Waals surface area contributed by atoms with Gasteiger partial charge in [0.2, 0.25) is 0 Å². The fraction of sp³-hybridized carbons (Fsp3) is 0.941. The molecule has 0 aromatic heterocycles. The van der Waals surface area contributed by atoms with Crippen molar-refractivity contribution in [3.8, 4) is 0 Å². The Bertz CT molecular complexity index is 365. The van der Waals surface area contributed by atoms with Gasteiger partial charge in [-0.25, -0.2) is 0 Å². The predicted molar refractivity (Wildman–Crippen MR) is 85.8 cm³/mol. The third kappa shape index (κ3) is 8.11. The normalized spacial score (nSPS) is 30.0. The van der Waals surface area contributed by atoms with Gasteiger partial charge in [-0.1, -0.05) is 6.42 Å². The highest BCUT2D eigenvalue weighted by Gasteiger charge is 2.35. The molecule has 0 aromatic carbocycles. The topological polar surface area (TPSA) is 85.2 Å². The van der Waals surface area contributed by atoms with Crippen LogP contribution in [0.2, 0.25) is 0 Å². The Morgan fingerprint density at radius 2 is 1.91 bits per heavy atom. The SMILES string of the molecule is C[C@H](CCCCC(=O)OC(C)(C)C)OC1O[C@@H](C)C(O)C[C@H]1O. The molecule has 2 unspecified atom stereocenters. The summed E-state index contributed by atoms with van der Waals surface area (Å²) >= 11 is 0. The Hall–Kier alpha value is -0.690. The van der Waals surface area contributed by atoms with Crippen molar-refractivity contribution in [1.29, 1.82) is 0 Å². The maximum Gasteiger partial charge on any atom is 0.306 e. The summed E-state index contributed by atoms with van der Waals surface area (Å²) in [6.45, 7) is 9.24. The van der Waals surface area contributed by atoms with Crippen LogP contribution < -0.4 is 0 Å². The lowest BCUT2D eigenvalue weighted by atomic mass is 10.0. The molecule has 6 nitrogen and oxygen atoms in total. The maximum atomic E-state index is 11.6. The van der Waals surface area contributed by atoms with Crippen LogP contribution in [0.1, 0.15) is 66.7 Å². The molecule has 0 bridgehead atoms. The Balaban J connectivity index is 2.19. The Morgan fingerprint density at radius 1 is 1.26 bits per heavy atom. The second-order valence-corrected chi connectivity index (χ2v) is 7.36. The van der Waals surface area contributed by atoms with Crippen molar-refractivity contribution in [3.63, 3.8) is 0 Å². The Labute approximate surface area is 139 Å². The lowest BCUT2D eigenvalue weighted by Gasteiger charge is -2.36. The van der Waals surface area contributed by atoms with Crippen molar-refractivity contribution >= 4 is 5.97 Å². The Kier molecular flexibility index (Phi) is 7.94. The molecular formula is C17H32O6. The third-order valence-electron chi connectivity index (χ3n) is 3.72. The molecule has 0 aliphatic carbocycles. The van der Waals surface area contributed by atoms with Crippen LogP contribution >= 0.6 is 0 Å². The summed E-state index contributed by atoms with van der Waals surface area (Å²) in [5.74, 6) is -0.181. The second kappa shape index (κ2) is 8.97. The van der Waals surface area contributed by atoms with Crippen molar-refractivity contribution < 1.29 is 29.2 Å². The molecule has 0 aromatic rings. The molecule has 0 saturated carbocycles. The molecule has 1 aliphatic heterocycles. The van der Waals surface area contributed by atoms with Gasteiger partial charge in [0, 0.05) is 12.8 Å².